The van der Waals surface area contributed by atoms with Crippen LogP contribution in [0.25, 0.3) is 0 Å². The van der Waals surface area contributed by atoms with Gasteiger partial charge in [-0.05, 0) is 0 Å². The Morgan fingerprint density at radius 2 is 1.75 bits per heavy atom. The van der Waals surface area contributed by atoms with E-state index in [0.29, 0.717) is 0 Å². The van der Waals surface area contributed by atoms with Crippen LogP contribution in [0.3, 0.4) is 0 Å². The number of hydrogen-bond acceptors (Lipinski definition) is 5. The Bertz CT molecular complexity index is 210. The van der Waals surface area contributed by atoms with E-state index >= 15 is 0 Å². The van der Waals surface area contributed by atoms with Gasteiger partial charge in [0.05, 0.1) is 38.6 Å². The summed E-state index contributed by atoms with van der Waals surface area (Å²) in [5.74, 6) is 0. The van der Waals surface area contributed by atoms with Crippen molar-refractivity contribution in [1.29, 1.82) is 0 Å². The van der Waals surface area contributed by atoms with Crippen molar-refractivity contribution in [3.63, 3.8) is 0 Å². The summed E-state index contributed by atoms with van der Waals surface area (Å²) in [6.07, 6.45) is 1.90. The van der Waals surface area contributed by atoms with Crippen molar-refractivity contribution in [3.05, 3.63) is 0 Å². The third-order valence-electron chi connectivity index (χ3n) is 3.80. The Balaban J connectivity index is 1.61. The summed E-state index contributed by atoms with van der Waals surface area (Å²) < 4.78 is 17.0. The molecule has 3 saturated heterocycles. The van der Waals surface area contributed by atoms with Gasteiger partial charge >= 0.3 is 0 Å². The van der Waals surface area contributed by atoms with Gasteiger partial charge in [-0.15, -0.1) is 0 Å². The van der Waals surface area contributed by atoms with Gasteiger partial charge in [-0.1, -0.05) is 0 Å². The van der Waals surface area contributed by atoms with Gasteiger partial charge in [-0.2, -0.15) is 0 Å². The Hall–Kier alpha value is -0.200. The third-order valence-corrected chi connectivity index (χ3v) is 3.80. The van der Waals surface area contributed by atoms with E-state index in [1.165, 1.54) is 0 Å². The molecule has 0 radical (unpaired) electrons. The molecule has 16 heavy (non-hydrogen) atoms. The van der Waals surface area contributed by atoms with Crippen LogP contribution in [0.5, 0.6) is 0 Å². The lowest BCUT2D eigenvalue weighted by Crippen LogP contribution is -2.71. The van der Waals surface area contributed by atoms with Gasteiger partial charge in [-0.25, -0.2) is 0 Å². The molecular weight excluding hydrogens is 208 g/mol. The number of rotatable bonds is 0. The van der Waals surface area contributed by atoms with Crippen molar-refractivity contribution < 1.29 is 14.2 Å². The molecule has 5 nitrogen and oxygen atoms in total. The summed E-state index contributed by atoms with van der Waals surface area (Å²) in [4.78, 5) is 0. The quantitative estimate of drug-likeness (QED) is 0.584. The van der Waals surface area contributed by atoms with Gasteiger partial charge < -0.3 is 19.5 Å². The summed E-state index contributed by atoms with van der Waals surface area (Å²) in [6.45, 7) is 5.72. The molecule has 2 N–H and O–H groups in total. The molecule has 2 spiro atoms. The highest BCUT2D eigenvalue weighted by Gasteiger charge is 2.44. The number of hydrogen-bond donors (Lipinski definition) is 2. The van der Waals surface area contributed by atoms with Gasteiger partial charge in [0.15, 0.2) is 0 Å². The fourth-order valence-electron chi connectivity index (χ4n) is 2.64. The molecule has 0 saturated carbocycles. The first-order chi connectivity index (χ1) is 7.83. The minimum Gasteiger partial charge on any atom is -0.381 e. The van der Waals surface area contributed by atoms with Gasteiger partial charge in [0.25, 0.3) is 0 Å². The van der Waals surface area contributed by atoms with E-state index in [-0.39, 0.29) is 11.3 Å². The lowest BCUT2D eigenvalue weighted by atomic mass is 9.94. The molecule has 5 heteroatoms. The van der Waals surface area contributed by atoms with Crippen molar-refractivity contribution in [2.45, 2.75) is 24.1 Å². The molecule has 0 aromatic heterocycles. The highest BCUT2D eigenvalue weighted by Crippen LogP contribution is 2.28. The smallest absolute Gasteiger partial charge is 0.123 e. The average molecular weight is 228 g/mol. The predicted octanol–water partition coefficient (Wildman–Crippen LogP) is -0.528. The van der Waals surface area contributed by atoms with Crippen molar-refractivity contribution in [2.75, 3.05) is 46.1 Å². The molecule has 0 aromatic rings. The molecule has 0 aromatic carbocycles. The summed E-state index contributed by atoms with van der Waals surface area (Å²) in [5, 5.41) is 7.06. The molecule has 3 rings (SSSR count). The summed E-state index contributed by atoms with van der Waals surface area (Å²) in [7, 11) is 0. The van der Waals surface area contributed by atoms with Gasteiger partial charge in [-0.3, -0.25) is 5.32 Å². The zero-order valence-electron chi connectivity index (χ0n) is 9.59. The summed E-state index contributed by atoms with van der Waals surface area (Å²) in [6, 6.07) is 0. The maximum atomic E-state index is 6.07. The van der Waals surface area contributed by atoms with Crippen LogP contribution < -0.4 is 10.6 Å². The van der Waals surface area contributed by atoms with Crippen LogP contribution in [0.2, 0.25) is 0 Å². The monoisotopic (exact) mass is 228 g/mol. The zero-order valence-corrected chi connectivity index (χ0v) is 9.59. The fourth-order valence-corrected chi connectivity index (χ4v) is 2.64. The van der Waals surface area contributed by atoms with E-state index < -0.39 is 0 Å². The lowest BCUT2D eigenvalue weighted by Gasteiger charge is -2.50. The van der Waals surface area contributed by atoms with Crippen LogP contribution in [0, 0.1) is 0 Å². The second kappa shape index (κ2) is 4.23. The van der Waals surface area contributed by atoms with Crippen LogP contribution in [-0.2, 0) is 14.2 Å². The number of ether oxygens (including phenoxy) is 3. The Kier molecular flexibility index (Phi) is 2.89. The van der Waals surface area contributed by atoms with Crippen LogP contribution >= 0.6 is 0 Å². The highest BCUT2D eigenvalue weighted by atomic mass is 16.5. The predicted molar refractivity (Wildman–Crippen MR) is 58.3 cm³/mol. The van der Waals surface area contributed by atoms with Crippen LogP contribution in [0.4, 0.5) is 0 Å². The zero-order chi connectivity index (χ0) is 10.9. The second-order valence-corrected chi connectivity index (χ2v) is 5.01. The van der Waals surface area contributed by atoms with Crippen molar-refractivity contribution in [3.8, 4) is 0 Å². The molecule has 92 valence electrons. The largest absolute Gasteiger partial charge is 0.381 e. The fraction of sp³-hybridized carbons (Fsp3) is 1.00. The molecule has 1 unspecified atom stereocenters. The topological polar surface area (TPSA) is 51.8 Å². The van der Waals surface area contributed by atoms with E-state index in [2.05, 4.69) is 10.6 Å². The van der Waals surface area contributed by atoms with E-state index in [4.69, 9.17) is 14.2 Å². The third kappa shape index (κ3) is 1.98. The molecule has 3 aliphatic heterocycles. The molecule has 1 atom stereocenters. The molecule has 0 bridgehead atoms. The van der Waals surface area contributed by atoms with Gasteiger partial charge in [0.2, 0.25) is 0 Å². The molecule has 3 aliphatic rings. The molecule has 3 fully saturated rings. The minimum atomic E-state index is -0.136. The highest BCUT2D eigenvalue weighted by molar-refractivity contribution is 4.99. The maximum absolute atomic E-state index is 6.07. The van der Waals surface area contributed by atoms with Crippen LogP contribution in [0.1, 0.15) is 12.8 Å². The first kappa shape index (κ1) is 10.9. The summed E-state index contributed by atoms with van der Waals surface area (Å²) in [5.41, 5.74) is -0.148. The Labute approximate surface area is 95.8 Å². The van der Waals surface area contributed by atoms with E-state index in [9.17, 15) is 0 Å². The van der Waals surface area contributed by atoms with Crippen molar-refractivity contribution in [1.82, 2.24) is 10.6 Å². The normalized spacial score (nSPS) is 39.0. The van der Waals surface area contributed by atoms with Gasteiger partial charge in [0, 0.05) is 25.9 Å². The molecule has 0 aliphatic carbocycles. The van der Waals surface area contributed by atoms with Crippen LogP contribution in [0.15, 0.2) is 0 Å². The van der Waals surface area contributed by atoms with Crippen LogP contribution in [-0.4, -0.2) is 57.4 Å². The lowest BCUT2D eigenvalue weighted by molar-refractivity contribution is -0.183. The SMILES string of the molecule is C1COCC2(CNC3(CCOCC3)OC2)N1. The molecular formula is C11H20N2O3. The Morgan fingerprint density at radius 1 is 0.875 bits per heavy atom. The first-order valence-corrected chi connectivity index (χ1v) is 6.12. The maximum Gasteiger partial charge on any atom is 0.123 e. The van der Waals surface area contributed by atoms with E-state index in [0.717, 1.165) is 59.0 Å². The van der Waals surface area contributed by atoms with E-state index in [1.54, 1.807) is 0 Å². The minimum absolute atomic E-state index is 0.0121. The number of morpholine rings is 1. The molecule has 0 amide bonds. The van der Waals surface area contributed by atoms with Crippen molar-refractivity contribution in [2.24, 2.45) is 0 Å². The molecule has 3 heterocycles. The average Bonchev–Trinajstić information content (AvgIpc) is 2.36. The summed E-state index contributed by atoms with van der Waals surface area (Å²) >= 11 is 0. The van der Waals surface area contributed by atoms with Crippen molar-refractivity contribution >= 4 is 0 Å². The van der Waals surface area contributed by atoms with E-state index in [1.807, 2.05) is 0 Å². The standard InChI is InChI=1S/C11H20N2O3/c1-4-14-5-2-11(1)13-7-10(9-16-11)8-15-6-3-12-10/h12-13H,1-9H2. The first-order valence-electron chi connectivity index (χ1n) is 6.12. The second-order valence-electron chi connectivity index (χ2n) is 5.01. The number of nitrogens with one attached hydrogen (secondary N) is 2. The Morgan fingerprint density at radius 3 is 2.38 bits per heavy atom. The van der Waals surface area contributed by atoms with Gasteiger partial charge in [0.1, 0.15) is 5.72 Å².